The Labute approximate surface area is 105 Å². The predicted molar refractivity (Wildman–Crippen MR) is 67.8 cm³/mol. The molecule has 90 valence electrons. The quantitative estimate of drug-likeness (QED) is 0.886. The minimum absolute atomic E-state index is 0.431. The first-order chi connectivity index (χ1) is 8.74. The Morgan fingerprint density at radius 3 is 2.78 bits per heavy atom. The van der Waals surface area contributed by atoms with Gasteiger partial charge in [-0.05, 0) is 19.1 Å². The van der Waals surface area contributed by atoms with E-state index < -0.39 is 0 Å². The molecule has 0 aromatic carbocycles. The van der Waals surface area contributed by atoms with Gasteiger partial charge in [0.25, 0.3) is 0 Å². The molecule has 0 aliphatic heterocycles. The lowest BCUT2D eigenvalue weighted by molar-refractivity contribution is 0.327. The molecule has 0 atom stereocenters. The molecular formula is C13H12N4O. The maximum atomic E-state index is 9.05. The minimum Gasteiger partial charge on any atom is -0.478 e. The highest BCUT2D eigenvalue weighted by Crippen LogP contribution is 2.23. The molecule has 2 N–H and O–H groups in total. The number of nitrogen functional groups attached to an aromatic ring is 1. The second-order valence-corrected chi connectivity index (χ2v) is 3.59. The van der Waals surface area contributed by atoms with Crippen molar-refractivity contribution in [1.82, 2.24) is 9.97 Å². The highest BCUT2D eigenvalue weighted by Gasteiger charge is 2.07. The van der Waals surface area contributed by atoms with Crippen LogP contribution in [0.4, 0.5) is 5.69 Å². The second-order valence-electron chi connectivity index (χ2n) is 3.59. The molecule has 0 spiro atoms. The average Bonchev–Trinajstić information content (AvgIpc) is 2.40. The molecule has 0 amide bonds. The molecule has 0 saturated carbocycles. The molecule has 2 rings (SSSR count). The Morgan fingerprint density at radius 1 is 1.33 bits per heavy atom. The number of rotatable bonds is 3. The van der Waals surface area contributed by atoms with Crippen molar-refractivity contribution in [3.05, 3.63) is 36.2 Å². The van der Waals surface area contributed by atoms with Crippen LogP contribution in [0.15, 0.2) is 30.6 Å². The van der Waals surface area contributed by atoms with Gasteiger partial charge in [-0.2, -0.15) is 5.26 Å². The maximum absolute atomic E-state index is 9.05. The summed E-state index contributed by atoms with van der Waals surface area (Å²) in [4.78, 5) is 8.31. The summed E-state index contributed by atoms with van der Waals surface area (Å²) in [6.07, 6.45) is 3.15. The topological polar surface area (TPSA) is 84.8 Å². The van der Waals surface area contributed by atoms with E-state index in [9.17, 15) is 0 Å². The minimum atomic E-state index is 0.431. The summed E-state index contributed by atoms with van der Waals surface area (Å²) in [6, 6.07) is 7.23. The molecular weight excluding hydrogens is 228 g/mol. The van der Waals surface area contributed by atoms with E-state index in [0.29, 0.717) is 29.4 Å². The summed E-state index contributed by atoms with van der Waals surface area (Å²) >= 11 is 0. The van der Waals surface area contributed by atoms with Crippen LogP contribution in [0.25, 0.3) is 11.3 Å². The van der Waals surface area contributed by atoms with Crippen LogP contribution in [0.1, 0.15) is 12.5 Å². The fraction of sp³-hybridized carbons (Fsp3) is 0.154. The van der Waals surface area contributed by atoms with Crippen LogP contribution in [0, 0.1) is 11.3 Å². The molecule has 0 unspecified atom stereocenters. The van der Waals surface area contributed by atoms with E-state index in [0.717, 1.165) is 5.56 Å². The van der Waals surface area contributed by atoms with E-state index in [4.69, 9.17) is 15.7 Å². The number of nitrogens with zero attached hydrogens (tertiary/aromatic N) is 3. The summed E-state index contributed by atoms with van der Waals surface area (Å²) in [7, 11) is 0. The van der Waals surface area contributed by atoms with Gasteiger partial charge in [0.2, 0.25) is 5.88 Å². The van der Waals surface area contributed by atoms with Crippen LogP contribution in [-0.4, -0.2) is 16.6 Å². The summed E-state index contributed by atoms with van der Waals surface area (Å²) in [5.74, 6) is 0.551. The van der Waals surface area contributed by atoms with E-state index in [1.165, 1.54) is 6.20 Å². The average molecular weight is 240 g/mol. The van der Waals surface area contributed by atoms with Gasteiger partial charge >= 0.3 is 0 Å². The first kappa shape index (κ1) is 11.9. The van der Waals surface area contributed by atoms with Crippen molar-refractivity contribution in [2.45, 2.75) is 6.92 Å². The van der Waals surface area contributed by atoms with Crippen molar-refractivity contribution < 1.29 is 4.74 Å². The van der Waals surface area contributed by atoms with Crippen molar-refractivity contribution in [3.63, 3.8) is 0 Å². The van der Waals surface area contributed by atoms with Crippen LogP contribution in [0.3, 0.4) is 0 Å². The summed E-state index contributed by atoms with van der Waals surface area (Å²) in [5.41, 5.74) is 7.82. The van der Waals surface area contributed by atoms with Gasteiger partial charge < -0.3 is 10.5 Å². The Hall–Kier alpha value is -2.61. The van der Waals surface area contributed by atoms with Crippen molar-refractivity contribution in [3.8, 4) is 23.2 Å². The molecule has 0 fully saturated rings. The van der Waals surface area contributed by atoms with Gasteiger partial charge in [0.15, 0.2) is 0 Å². The molecule has 2 aromatic rings. The molecule has 2 aromatic heterocycles. The number of ether oxygens (including phenoxy) is 1. The normalized spacial score (nSPS) is 9.78. The smallest absolute Gasteiger partial charge is 0.213 e. The Morgan fingerprint density at radius 2 is 2.17 bits per heavy atom. The highest BCUT2D eigenvalue weighted by molar-refractivity contribution is 5.67. The van der Waals surface area contributed by atoms with Crippen LogP contribution >= 0.6 is 0 Å². The SMILES string of the molecule is CCOc1ccc(-c2ncc(N)cc2C#N)cn1. The summed E-state index contributed by atoms with van der Waals surface area (Å²) < 4.78 is 5.26. The van der Waals surface area contributed by atoms with Crippen LogP contribution in [-0.2, 0) is 0 Å². The predicted octanol–water partition coefficient (Wildman–Crippen LogP) is 2.00. The second kappa shape index (κ2) is 5.15. The standard InChI is InChI=1S/C13H12N4O/c1-2-18-12-4-3-9(7-16-12)13-10(6-14)5-11(15)8-17-13/h3-5,7-8H,2,15H2,1H3. The highest BCUT2D eigenvalue weighted by atomic mass is 16.5. The molecule has 0 bridgehead atoms. The molecule has 0 aliphatic carbocycles. The van der Waals surface area contributed by atoms with Crippen molar-refractivity contribution in [1.29, 1.82) is 5.26 Å². The van der Waals surface area contributed by atoms with E-state index >= 15 is 0 Å². The van der Waals surface area contributed by atoms with E-state index in [1.807, 2.05) is 13.0 Å². The van der Waals surface area contributed by atoms with Gasteiger partial charge in [-0.3, -0.25) is 4.98 Å². The zero-order valence-corrected chi connectivity index (χ0v) is 9.92. The van der Waals surface area contributed by atoms with Gasteiger partial charge in [0, 0.05) is 17.8 Å². The van der Waals surface area contributed by atoms with Gasteiger partial charge in [0.05, 0.1) is 29.7 Å². The number of aromatic nitrogens is 2. The van der Waals surface area contributed by atoms with E-state index in [1.54, 1.807) is 18.3 Å². The number of pyridine rings is 2. The molecule has 18 heavy (non-hydrogen) atoms. The van der Waals surface area contributed by atoms with E-state index in [-0.39, 0.29) is 0 Å². The summed E-state index contributed by atoms with van der Waals surface area (Å²) in [6.45, 7) is 2.46. The fourth-order valence-corrected chi connectivity index (χ4v) is 1.55. The first-order valence-corrected chi connectivity index (χ1v) is 5.49. The van der Waals surface area contributed by atoms with E-state index in [2.05, 4.69) is 16.0 Å². The van der Waals surface area contributed by atoms with Crippen LogP contribution in [0.2, 0.25) is 0 Å². The Balaban J connectivity index is 2.40. The van der Waals surface area contributed by atoms with Gasteiger partial charge in [-0.15, -0.1) is 0 Å². The fourth-order valence-electron chi connectivity index (χ4n) is 1.55. The summed E-state index contributed by atoms with van der Waals surface area (Å²) in [5, 5.41) is 9.05. The van der Waals surface area contributed by atoms with Gasteiger partial charge in [0.1, 0.15) is 6.07 Å². The first-order valence-electron chi connectivity index (χ1n) is 5.49. The number of anilines is 1. The Kier molecular flexibility index (Phi) is 3.39. The van der Waals surface area contributed by atoms with Gasteiger partial charge in [-0.25, -0.2) is 4.98 Å². The third kappa shape index (κ3) is 2.38. The Bertz CT molecular complexity index is 587. The molecule has 0 saturated heterocycles. The third-order valence-corrected chi connectivity index (χ3v) is 2.33. The number of hydrogen-bond donors (Lipinski definition) is 1. The van der Waals surface area contributed by atoms with Crippen molar-refractivity contribution in [2.24, 2.45) is 0 Å². The third-order valence-electron chi connectivity index (χ3n) is 2.33. The maximum Gasteiger partial charge on any atom is 0.213 e. The number of nitrogens with two attached hydrogens (primary N) is 1. The monoisotopic (exact) mass is 240 g/mol. The van der Waals surface area contributed by atoms with Crippen LogP contribution in [0.5, 0.6) is 5.88 Å². The van der Waals surface area contributed by atoms with Crippen molar-refractivity contribution in [2.75, 3.05) is 12.3 Å². The van der Waals surface area contributed by atoms with Crippen LogP contribution < -0.4 is 10.5 Å². The zero-order chi connectivity index (χ0) is 13.0. The molecule has 5 nitrogen and oxygen atoms in total. The lowest BCUT2D eigenvalue weighted by Gasteiger charge is -2.05. The van der Waals surface area contributed by atoms with Crippen molar-refractivity contribution >= 4 is 5.69 Å². The van der Waals surface area contributed by atoms with Gasteiger partial charge in [-0.1, -0.05) is 0 Å². The number of nitriles is 1. The zero-order valence-electron chi connectivity index (χ0n) is 9.92. The molecule has 2 heterocycles. The largest absolute Gasteiger partial charge is 0.478 e. The number of hydrogen-bond acceptors (Lipinski definition) is 5. The lowest BCUT2D eigenvalue weighted by atomic mass is 10.1. The molecule has 5 heteroatoms. The lowest BCUT2D eigenvalue weighted by Crippen LogP contribution is -1.96. The molecule has 0 aliphatic rings. The molecule has 0 radical (unpaired) electrons.